The maximum Gasteiger partial charge on any atom is 0.165 e. The van der Waals surface area contributed by atoms with Crippen molar-refractivity contribution in [1.82, 2.24) is 5.32 Å². The molecule has 0 heterocycles. The van der Waals surface area contributed by atoms with Gasteiger partial charge in [0.15, 0.2) is 11.6 Å². The minimum Gasteiger partial charge on any atom is -0.505 e. The highest BCUT2D eigenvalue weighted by atomic mass is 19.1. The maximum atomic E-state index is 13.2. The summed E-state index contributed by atoms with van der Waals surface area (Å²) < 4.78 is 13.2. The molecule has 94 valence electrons. The molecule has 0 saturated carbocycles. The van der Waals surface area contributed by atoms with Gasteiger partial charge in [-0.3, -0.25) is 0 Å². The van der Waals surface area contributed by atoms with Crippen LogP contribution in [0, 0.1) is 5.82 Å². The molecule has 2 rings (SSSR count). The highest BCUT2D eigenvalue weighted by Gasteiger charge is 2.08. The van der Waals surface area contributed by atoms with Crippen molar-refractivity contribution in [2.75, 3.05) is 0 Å². The SMILES string of the molecule is C[C@H](NCc1ccccc1)c1ccc(O)c(F)c1. The van der Waals surface area contributed by atoms with Gasteiger partial charge >= 0.3 is 0 Å². The van der Waals surface area contributed by atoms with Gasteiger partial charge in [-0.2, -0.15) is 0 Å². The predicted molar refractivity (Wildman–Crippen MR) is 69.8 cm³/mol. The van der Waals surface area contributed by atoms with Crippen molar-refractivity contribution in [3.63, 3.8) is 0 Å². The smallest absolute Gasteiger partial charge is 0.165 e. The van der Waals surface area contributed by atoms with Crippen molar-refractivity contribution in [2.24, 2.45) is 0 Å². The van der Waals surface area contributed by atoms with Gasteiger partial charge in [-0.1, -0.05) is 36.4 Å². The molecule has 0 aromatic heterocycles. The maximum absolute atomic E-state index is 13.2. The van der Waals surface area contributed by atoms with Gasteiger partial charge in [0, 0.05) is 12.6 Å². The van der Waals surface area contributed by atoms with Gasteiger partial charge in [-0.15, -0.1) is 0 Å². The quantitative estimate of drug-likeness (QED) is 0.865. The first kappa shape index (κ1) is 12.6. The van der Waals surface area contributed by atoms with Crippen molar-refractivity contribution in [3.05, 3.63) is 65.5 Å². The lowest BCUT2D eigenvalue weighted by atomic mass is 10.1. The Hall–Kier alpha value is -1.87. The van der Waals surface area contributed by atoms with Crippen LogP contribution in [0.25, 0.3) is 0 Å². The summed E-state index contributed by atoms with van der Waals surface area (Å²) in [5.74, 6) is -0.894. The van der Waals surface area contributed by atoms with Crippen molar-refractivity contribution in [3.8, 4) is 5.75 Å². The fraction of sp³-hybridized carbons (Fsp3) is 0.200. The lowest BCUT2D eigenvalue weighted by Crippen LogP contribution is -2.18. The normalized spacial score (nSPS) is 12.3. The molecule has 0 bridgehead atoms. The van der Waals surface area contributed by atoms with E-state index in [1.165, 1.54) is 17.7 Å². The number of hydrogen-bond donors (Lipinski definition) is 2. The van der Waals surface area contributed by atoms with Gasteiger partial charge in [0.2, 0.25) is 0 Å². The summed E-state index contributed by atoms with van der Waals surface area (Å²) in [4.78, 5) is 0. The lowest BCUT2D eigenvalue weighted by molar-refractivity contribution is 0.430. The molecule has 1 atom stereocenters. The molecular formula is C15H16FNO. The fourth-order valence-corrected chi connectivity index (χ4v) is 1.78. The number of phenolic OH excluding ortho intramolecular Hbond substituents is 1. The van der Waals surface area contributed by atoms with E-state index < -0.39 is 5.82 Å². The number of nitrogens with one attached hydrogen (secondary N) is 1. The van der Waals surface area contributed by atoms with E-state index in [2.05, 4.69) is 5.32 Å². The Morgan fingerprint density at radius 3 is 2.56 bits per heavy atom. The van der Waals surface area contributed by atoms with E-state index in [4.69, 9.17) is 5.11 Å². The van der Waals surface area contributed by atoms with Crippen LogP contribution in [-0.4, -0.2) is 5.11 Å². The van der Waals surface area contributed by atoms with E-state index in [0.717, 1.165) is 12.1 Å². The largest absolute Gasteiger partial charge is 0.505 e. The minimum absolute atomic E-state index is 0.0281. The molecule has 2 nitrogen and oxygen atoms in total. The number of hydrogen-bond acceptors (Lipinski definition) is 2. The molecule has 0 unspecified atom stereocenters. The molecule has 0 aliphatic carbocycles. The number of benzene rings is 2. The van der Waals surface area contributed by atoms with E-state index in [0.29, 0.717) is 0 Å². The van der Waals surface area contributed by atoms with Crippen LogP contribution >= 0.6 is 0 Å². The number of halogens is 1. The standard InChI is InChI=1S/C15H16FNO/c1-11(13-7-8-15(18)14(16)9-13)17-10-12-5-3-2-4-6-12/h2-9,11,17-18H,10H2,1H3/t11-/m0/s1. The van der Waals surface area contributed by atoms with Crippen LogP contribution in [0.3, 0.4) is 0 Å². The summed E-state index contributed by atoms with van der Waals surface area (Å²) >= 11 is 0. The monoisotopic (exact) mass is 245 g/mol. The molecule has 2 aromatic carbocycles. The Balaban J connectivity index is 1.99. The molecule has 0 aliphatic rings. The van der Waals surface area contributed by atoms with Gasteiger partial charge in [0.25, 0.3) is 0 Å². The van der Waals surface area contributed by atoms with Gasteiger partial charge in [0.05, 0.1) is 0 Å². The molecule has 0 spiro atoms. The molecule has 0 fully saturated rings. The van der Waals surface area contributed by atoms with Crippen LogP contribution in [0.15, 0.2) is 48.5 Å². The summed E-state index contributed by atoms with van der Waals surface area (Å²) in [5, 5.41) is 12.5. The summed E-state index contributed by atoms with van der Waals surface area (Å²) in [6.07, 6.45) is 0. The van der Waals surface area contributed by atoms with Crippen molar-refractivity contribution >= 4 is 0 Å². The second-order valence-corrected chi connectivity index (χ2v) is 4.30. The third kappa shape index (κ3) is 3.08. The average Bonchev–Trinajstić information content (AvgIpc) is 2.40. The Kier molecular flexibility index (Phi) is 3.95. The van der Waals surface area contributed by atoms with E-state index in [-0.39, 0.29) is 11.8 Å². The molecule has 2 aromatic rings. The molecule has 0 amide bonds. The second-order valence-electron chi connectivity index (χ2n) is 4.30. The van der Waals surface area contributed by atoms with Gasteiger partial charge in [-0.25, -0.2) is 4.39 Å². The summed E-state index contributed by atoms with van der Waals surface area (Å²) in [5.41, 5.74) is 2.00. The Bertz CT molecular complexity index is 513. The van der Waals surface area contributed by atoms with Crippen LogP contribution in [0.5, 0.6) is 5.75 Å². The second kappa shape index (κ2) is 5.65. The minimum atomic E-state index is -0.583. The fourth-order valence-electron chi connectivity index (χ4n) is 1.78. The van der Waals surface area contributed by atoms with Gasteiger partial charge in [-0.05, 0) is 30.2 Å². The zero-order valence-corrected chi connectivity index (χ0v) is 10.2. The Morgan fingerprint density at radius 1 is 1.17 bits per heavy atom. The zero-order valence-electron chi connectivity index (χ0n) is 10.2. The number of rotatable bonds is 4. The molecule has 18 heavy (non-hydrogen) atoms. The van der Waals surface area contributed by atoms with E-state index in [9.17, 15) is 4.39 Å². The first-order valence-corrected chi connectivity index (χ1v) is 5.92. The molecule has 3 heteroatoms. The zero-order chi connectivity index (χ0) is 13.0. The third-order valence-electron chi connectivity index (χ3n) is 2.93. The summed E-state index contributed by atoms with van der Waals surface area (Å²) in [7, 11) is 0. The summed E-state index contributed by atoms with van der Waals surface area (Å²) in [6, 6.07) is 14.5. The lowest BCUT2D eigenvalue weighted by Gasteiger charge is -2.14. The highest BCUT2D eigenvalue weighted by molar-refractivity contribution is 5.29. The van der Waals surface area contributed by atoms with Crippen molar-refractivity contribution in [2.45, 2.75) is 19.5 Å². The van der Waals surface area contributed by atoms with Crippen LogP contribution < -0.4 is 5.32 Å². The first-order chi connectivity index (χ1) is 8.66. The Morgan fingerprint density at radius 2 is 1.89 bits per heavy atom. The molecule has 0 aliphatic heterocycles. The summed E-state index contributed by atoms with van der Waals surface area (Å²) in [6.45, 7) is 2.69. The highest BCUT2D eigenvalue weighted by Crippen LogP contribution is 2.20. The van der Waals surface area contributed by atoms with Gasteiger partial charge < -0.3 is 10.4 Å². The number of aromatic hydroxyl groups is 1. The van der Waals surface area contributed by atoms with Crippen molar-refractivity contribution < 1.29 is 9.50 Å². The molecule has 0 radical (unpaired) electrons. The molecule has 0 saturated heterocycles. The van der Waals surface area contributed by atoms with E-state index >= 15 is 0 Å². The topological polar surface area (TPSA) is 32.3 Å². The molecular weight excluding hydrogens is 229 g/mol. The third-order valence-corrected chi connectivity index (χ3v) is 2.93. The van der Waals surface area contributed by atoms with Crippen LogP contribution in [0.1, 0.15) is 24.1 Å². The van der Waals surface area contributed by atoms with Crippen LogP contribution in [-0.2, 0) is 6.54 Å². The molecule has 2 N–H and O–H groups in total. The predicted octanol–water partition coefficient (Wildman–Crippen LogP) is 3.38. The van der Waals surface area contributed by atoms with Crippen LogP contribution in [0.4, 0.5) is 4.39 Å². The van der Waals surface area contributed by atoms with Crippen molar-refractivity contribution in [1.29, 1.82) is 0 Å². The van der Waals surface area contributed by atoms with Gasteiger partial charge in [0.1, 0.15) is 0 Å². The first-order valence-electron chi connectivity index (χ1n) is 5.92. The Labute approximate surface area is 106 Å². The van der Waals surface area contributed by atoms with E-state index in [1.54, 1.807) is 6.07 Å². The van der Waals surface area contributed by atoms with Crippen LogP contribution in [0.2, 0.25) is 0 Å². The number of phenols is 1. The van der Waals surface area contributed by atoms with E-state index in [1.807, 2.05) is 37.3 Å². The average molecular weight is 245 g/mol.